The zero-order chi connectivity index (χ0) is 16.2. The fourth-order valence-corrected chi connectivity index (χ4v) is 2.34. The molecule has 0 aromatic rings. The van der Waals surface area contributed by atoms with E-state index in [1.165, 1.54) is 12.0 Å². The van der Waals surface area contributed by atoms with Gasteiger partial charge in [-0.25, -0.2) is 4.79 Å². The quantitative estimate of drug-likeness (QED) is 0.777. The molecule has 0 radical (unpaired) electrons. The largest absolute Gasteiger partial charge is 0.481 e. The van der Waals surface area contributed by atoms with Gasteiger partial charge in [-0.15, -0.1) is 0 Å². The van der Waals surface area contributed by atoms with Gasteiger partial charge in [0.2, 0.25) is 0 Å². The summed E-state index contributed by atoms with van der Waals surface area (Å²) in [5.41, 5.74) is -0.614. The first kappa shape index (κ1) is 17.3. The van der Waals surface area contributed by atoms with Gasteiger partial charge in [0.15, 0.2) is 0 Å². The molecule has 2 atom stereocenters. The first-order chi connectivity index (χ1) is 9.65. The van der Waals surface area contributed by atoms with E-state index in [0.717, 1.165) is 0 Å². The second kappa shape index (κ2) is 6.78. The Hall–Kier alpha value is -1.79. The van der Waals surface area contributed by atoms with E-state index in [4.69, 9.17) is 4.74 Å². The van der Waals surface area contributed by atoms with Crippen LogP contribution < -0.4 is 0 Å². The van der Waals surface area contributed by atoms with Crippen LogP contribution >= 0.6 is 0 Å². The Morgan fingerprint density at radius 3 is 2.05 bits per heavy atom. The number of rotatable bonds is 2. The first-order valence-electron chi connectivity index (χ1n) is 6.94. The standard InChI is InChI=1S/C14H23NO6/c1-14(2,3)21-13(19)15-7-5-9(11(16)17)10(6-8-15)12(18)20-4/h9-10H,5-8H2,1-4H3,(H,16,17)/t9-,10-/m1/s1. The van der Waals surface area contributed by atoms with Crippen LogP contribution in [0.3, 0.4) is 0 Å². The smallest absolute Gasteiger partial charge is 0.410 e. The molecule has 1 rings (SSSR count). The molecule has 1 heterocycles. The highest BCUT2D eigenvalue weighted by molar-refractivity contribution is 5.81. The maximum absolute atomic E-state index is 12.0. The molecule has 0 saturated carbocycles. The van der Waals surface area contributed by atoms with Gasteiger partial charge in [0, 0.05) is 13.1 Å². The normalized spacial score (nSPS) is 23.1. The minimum Gasteiger partial charge on any atom is -0.481 e. The topological polar surface area (TPSA) is 93.1 Å². The highest BCUT2D eigenvalue weighted by Crippen LogP contribution is 2.26. The lowest BCUT2D eigenvalue weighted by Crippen LogP contribution is -2.37. The van der Waals surface area contributed by atoms with Crippen molar-refractivity contribution in [1.29, 1.82) is 0 Å². The maximum atomic E-state index is 12.0. The first-order valence-corrected chi connectivity index (χ1v) is 6.94. The van der Waals surface area contributed by atoms with Crippen LogP contribution in [0.5, 0.6) is 0 Å². The number of carbonyl (C=O) groups is 3. The highest BCUT2D eigenvalue weighted by Gasteiger charge is 2.38. The molecular formula is C14H23NO6. The van der Waals surface area contributed by atoms with Crippen molar-refractivity contribution in [3.63, 3.8) is 0 Å². The molecule has 120 valence electrons. The summed E-state index contributed by atoms with van der Waals surface area (Å²) in [6.07, 6.45) is -0.0332. The molecule has 0 unspecified atom stereocenters. The number of carboxylic acids is 1. The molecule has 21 heavy (non-hydrogen) atoms. The van der Waals surface area contributed by atoms with Crippen LogP contribution in [0.15, 0.2) is 0 Å². The van der Waals surface area contributed by atoms with Crippen molar-refractivity contribution >= 4 is 18.0 Å². The number of carbonyl (C=O) groups excluding carboxylic acids is 2. The van der Waals surface area contributed by atoms with E-state index >= 15 is 0 Å². The van der Waals surface area contributed by atoms with Gasteiger partial charge in [-0.1, -0.05) is 0 Å². The molecule has 7 heteroatoms. The van der Waals surface area contributed by atoms with Gasteiger partial charge in [-0.2, -0.15) is 0 Å². The molecule has 0 aromatic heterocycles. The van der Waals surface area contributed by atoms with Gasteiger partial charge >= 0.3 is 18.0 Å². The van der Waals surface area contributed by atoms with Crippen molar-refractivity contribution in [2.75, 3.05) is 20.2 Å². The van der Waals surface area contributed by atoms with Crippen molar-refractivity contribution in [1.82, 2.24) is 4.90 Å². The minimum atomic E-state index is -1.04. The third-order valence-corrected chi connectivity index (χ3v) is 3.38. The average Bonchev–Trinajstić information content (AvgIpc) is 2.58. The molecule has 1 N–H and O–H groups in total. The molecule has 0 spiro atoms. The molecule has 7 nitrogen and oxygen atoms in total. The van der Waals surface area contributed by atoms with Crippen molar-refractivity contribution in [3.8, 4) is 0 Å². The number of nitrogens with zero attached hydrogens (tertiary/aromatic N) is 1. The van der Waals surface area contributed by atoms with Crippen LogP contribution in [0.2, 0.25) is 0 Å². The van der Waals surface area contributed by atoms with Crippen LogP contribution in [0.4, 0.5) is 4.79 Å². The van der Waals surface area contributed by atoms with E-state index in [0.29, 0.717) is 0 Å². The predicted octanol–water partition coefficient (Wildman–Crippen LogP) is 1.51. The predicted molar refractivity (Wildman–Crippen MR) is 73.7 cm³/mol. The maximum Gasteiger partial charge on any atom is 0.410 e. The summed E-state index contributed by atoms with van der Waals surface area (Å²) in [4.78, 5) is 36.5. The third-order valence-electron chi connectivity index (χ3n) is 3.38. The van der Waals surface area contributed by atoms with E-state index < -0.39 is 35.5 Å². The monoisotopic (exact) mass is 301 g/mol. The molecule has 0 aromatic carbocycles. The Balaban J connectivity index is 2.79. The Bertz CT molecular complexity index is 414. The summed E-state index contributed by atoms with van der Waals surface area (Å²) < 4.78 is 9.94. The van der Waals surface area contributed by atoms with E-state index in [2.05, 4.69) is 4.74 Å². The van der Waals surface area contributed by atoms with Crippen LogP contribution in [0.1, 0.15) is 33.6 Å². The number of likely N-dealkylation sites (tertiary alicyclic amines) is 1. The fraction of sp³-hybridized carbons (Fsp3) is 0.786. The second-order valence-corrected chi connectivity index (χ2v) is 6.12. The van der Waals surface area contributed by atoms with E-state index in [1.807, 2.05) is 0 Å². The van der Waals surface area contributed by atoms with Gasteiger partial charge < -0.3 is 19.5 Å². The summed E-state index contributed by atoms with van der Waals surface area (Å²) in [6, 6.07) is 0. The van der Waals surface area contributed by atoms with Crippen LogP contribution in [0, 0.1) is 11.8 Å². The molecule has 1 amide bonds. The Kier molecular flexibility index (Phi) is 5.57. The van der Waals surface area contributed by atoms with Crippen molar-refractivity contribution < 1.29 is 29.0 Å². The molecule has 1 aliphatic heterocycles. The zero-order valence-corrected chi connectivity index (χ0v) is 12.9. The van der Waals surface area contributed by atoms with Crippen LogP contribution in [-0.2, 0) is 19.1 Å². The molecule has 1 saturated heterocycles. The van der Waals surface area contributed by atoms with Gasteiger partial charge in [0.25, 0.3) is 0 Å². The van der Waals surface area contributed by atoms with Crippen LogP contribution in [-0.4, -0.2) is 53.8 Å². The number of esters is 1. The lowest BCUT2D eigenvalue weighted by molar-refractivity contribution is -0.155. The third kappa shape index (κ3) is 4.91. The molecule has 1 aliphatic rings. The number of amides is 1. The van der Waals surface area contributed by atoms with Crippen molar-refractivity contribution in [2.24, 2.45) is 11.8 Å². The van der Waals surface area contributed by atoms with Crippen LogP contribution in [0.25, 0.3) is 0 Å². The number of hydrogen-bond acceptors (Lipinski definition) is 5. The molecule has 1 fully saturated rings. The SMILES string of the molecule is COC(=O)[C@@H]1CCN(C(=O)OC(C)(C)C)CC[C@H]1C(=O)O. The van der Waals surface area contributed by atoms with Gasteiger partial charge in [0.1, 0.15) is 5.60 Å². The lowest BCUT2D eigenvalue weighted by atomic mass is 9.88. The van der Waals surface area contributed by atoms with Gasteiger partial charge in [0.05, 0.1) is 18.9 Å². The zero-order valence-electron chi connectivity index (χ0n) is 12.9. The van der Waals surface area contributed by atoms with E-state index in [9.17, 15) is 19.5 Å². The highest BCUT2D eigenvalue weighted by atomic mass is 16.6. The number of methoxy groups -OCH3 is 1. The Labute approximate surface area is 124 Å². The average molecular weight is 301 g/mol. The Morgan fingerprint density at radius 2 is 1.62 bits per heavy atom. The number of ether oxygens (including phenoxy) is 2. The van der Waals surface area contributed by atoms with E-state index in [-0.39, 0.29) is 25.9 Å². The van der Waals surface area contributed by atoms with Gasteiger partial charge in [-0.05, 0) is 33.6 Å². The summed E-state index contributed by atoms with van der Waals surface area (Å²) in [5, 5.41) is 9.25. The molecule has 0 aliphatic carbocycles. The molecule has 0 bridgehead atoms. The van der Waals surface area contributed by atoms with Crippen molar-refractivity contribution in [2.45, 2.75) is 39.2 Å². The summed E-state index contributed by atoms with van der Waals surface area (Å²) >= 11 is 0. The summed E-state index contributed by atoms with van der Waals surface area (Å²) in [5.74, 6) is -3.17. The lowest BCUT2D eigenvalue weighted by Gasteiger charge is -2.26. The number of aliphatic carboxylic acids is 1. The second-order valence-electron chi connectivity index (χ2n) is 6.12. The number of hydrogen-bond donors (Lipinski definition) is 1. The Morgan fingerprint density at radius 1 is 1.10 bits per heavy atom. The van der Waals surface area contributed by atoms with E-state index in [1.54, 1.807) is 20.8 Å². The summed E-state index contributed by atoms with van der Waals surface area (Å²) in [6.45, 7) is 5.82. The minimum absolute atomic E-state index is 0.203. The fourth-order valence-electron chi connectivity index (χ4n) is 2.34. The van der Waals surface area contributed by atoms with Gasteiger partial charge in [-0.3, -0.25) is 9.59 Å². The van der Waals surface area contributed by atoms with Crippen molar-refractivity contribution in [3.05, 3.63) is 0 Å². The number of carboxylic acid groups (broad SMARTS) is 1. The summed E-state index contributed by atoms with van der Waals surface area (Å²) in [7, 11) is 1.23. The molecular weight excluding hydrogens is 278 g/mol.